The van der Waals surface area contributed by atoms with Crippen LogP contribution in [0.4, 0.5) is 19.0 Å². The molecule has 0 aliphatic carbocycles. The summed E-state index contributed by atoms with van der Waals surface area (Å²) in [4.78, 5) is 9.35. The number of anilines is 1. The maximum absolute atomic E-state index is 12.8. The van der Waals surface area contributed by atoms with E-state index in [9.17, 15) is 13.2 Å². The van der Waals surface area contributed by atoms with Crippen LogP contribution in [0.2, 0.25) is 0 Å². The van der Waals surface area contributed by atoms with Gasteiger partial charge in [0.2, 0.25) is 0 Å². The minimum absolute atomic E-state index is 0.377. The first kappa shape index (κ1) is 24.0. The lowest BCUT2D eigenvalue weighted by atomic mass is 10.0. The third-order valence-corrected chi connectivity index (χ3v) is 5.81. The second-order valence-corrected chi connectivity index (χ2v) is 8.91. The van der Waals surface area contributed by atoms with Crippen molar-refractivity contribution in [3.8, 4) is 0 Å². The highest BCUT2D eigenvalue weighted by Gasteiger charge is 2.29. The van der Waals surface area contributed by atoms with Crippen LogP contribution >= 0.6 is 0 Å². The number of nitrogen functional groups attached to an aromatic ring is 1. The number of nitrogens with zero attached hydrogens (tertiary/aromatic N) is 3. The third kappa shape index (κ3) is 5.01. The zero-order valence-electron chi connectivity index (χ0n) is 19.6. The molecule has 0 unspecified atom stereocenters. The molecule has 4 aromatic rings. The highest BCUT2D eigenvalue weighted by molar-refractivity contribution is 6.06. The molecular weight excluding hydrogens is 441 g/mol. The molecule has 4 rings (SSSR count). The quantitative estimate of drug-likeness (QED) is 0.335. The summed E-state index contributed by atoms with van der Waals surface area (Å²) in [5.74, 6) is 1.62. The van der Waals surface area contributed by atoms with Crippen molar-refractivity contribution in [1.29, 1.82) is 0 Å². The number of halogens is 3. The van der Waals surface area contributed by atoms with E-state index in [0.717, 1.165) is 52.0 Å². The fourth-order valence-electron chi connectivity index (χ4n) is 4.17. The number of benzene rings is 2. The van der Waals surface area contributed by atoms with Gasteiger partial charge >= 0.3 is 6.18 Å². The molecular formula is C26H29F3N4O. The van der Waals surface area contributed by atoms with E-state index in [0.29, 0.717) is 43.3 Å². The van der Waals surface area contributed by atoms with Crippen LogP contribution in [0, 0.1) is 5.92 Å². The van der Waals surface area contributed by atoms with Gasteiger partial charge in [-0.15, -0.1) is 0 Å². The average Bonchev–Trinajstić information content (AvgIpc) is 3.14. The molecule has 0 amide bonds. The molecule has 0 atom stereocenters. The van der Waals surface area contributed by atoms with Gasteiger partial charge in [0.25, 0.3) is 0 Å². The van der Waals surface area contributed by atoms with Crippen molar-refractivity contribution < 1.29 is 17.9 Å². The van der Waals surface area contributed by atoms with Gasteiger partial charge < -0.3 is 15.0 Å². The minimum atomic E-state index is -4.32. The first-order valence-electron chi connectivity index (χ1n) is 11.5. The molecule has 2 N–H and O–H groups in total. The number of pyridine rings is 1. The van der Waals surface area contributed by atoms with Crippen molar-refractivity contribution in [3.05, 3.63) is 65.0 Å². The Balaban J connectivity index is 1.66. The van der Waals surface area contributed by atoms with Crippen LogP contribution < -0.4 is 5.73 Å². The van der Waals surface area contributed by atoms with Crippen molar-refractivity contribution in [2.75, 3.05) is 12.3 Å². The number of alkyl halides is 3. The molecule has 34 heavy (non-hydrogen) atoms. The van der Waals surface area contributed by atoms with Crippen molar-refractivity contribution in [2.45, 2.75) is 52.9 Å². The van der Waals surface area contributed by atoms with E-state index >= 15 is 0 Å². The van der Waals surface area contributed by atoms with Crippen LogP contribution in [0.5, 0.6) is 0 Å². The maximum atomic E-state index is 12.8. The Bertz CT molecular complexity index is 1290. The van der Waals surface area contributed by atoms with Crippen molar-refractivity contribution in [1.82, 2.24) is 14.5 Å². The van der Waals surface area contributed by atoms with Crippen LogP contribution in [-0.2, 0) is 36.9 Å². The number of fused-ring (bicyclic) bond motifs is 3. The molecule has 0 saturated carbocycles. The van der Waals surface area contributed by atoms with E-state index in [4.69, 9.17) is 15.5 Å². The molecule has 0 aliphatic heterocycles. The smallest absolute Gasteiger partial charge is 0.382 e. The summed E-state index contributed by atoms with van der Waals surface area (Å²) >= 11 is 0. The van der Waals surface area contributed by atoms with Gasteiger partial charge in [-0.05, 0) is 55.0 Å². The lowest BCUT2D eigenvalue weighted by molar-refractivity contribution is -0.137. The van der Waals surface area contributed by atoms with Crippen LogP contribution in [0.25, 0.3) is 21.9 Å². The standard InChI is InChI=1S/C26H29F3N4O/c1-4-34-15-22-32-23-24(33(22)14-16(2)3)20-12-9-18(13-21(20)31-25(23)30)6-5-17-7-10-19(11-8-17)26(27,28)29/h7-13,16H,4-6,14-15H2,1-3H3,(H2,30,31). The Hall–Kier alpha value is -3.13. The fourth-order valence-corrected chi connectivity index (χ4v) is 4.17. The molecule has 2 aromatic heterocycles. The van der Waals surface area contributed by atoms with E-state index in [1.54, 1.807) is 0 Å². The van der Waals surface area contributed by atoms with E-state index in [2.05, 4.69) is 23.4 Å². The number of nitrogens with two attached hydrogens (primary N) is 1. The molecule has 2 heterocycles. The van der Waals surface area contributed by atoms with Gasteiger partial charge in [0.15, 0.2) is 5.82 Å². The van der Waals surface area contributed by atoms with Crippen molar-refractivity contribution >= 4 is 27.8 Å². The molecule has 0 bridgehead atoms. The van der Waals surface area contributed by atoms with E-state index < -0.39 is 11.7 Å². The zero-order valence-corrected chi connectivity index (χ0v) is 19.6. The third-order valence-electron chi connectivity index (χ3n) is 5.81. The monoisotopic (exact) mass is 470 g/mol. The molecule has 0 fully saturated rings. The van der Waals surface area contributed by atoms with Crippen LogP contribution in [0.3, 0.4) is 0 Å². The Kier molecular flexibility index (Phi) is 6.79. The van der Waals surface area contributed by atoms with Gasteiger partial charge in [-0.3, -0.25) is 0 Å². The van der Waals surface area contributed by atoms with E-state index in [1.807, 2.05) is 25.1 Å². The van der Waals surface area contributed by atoms with Crippen molar-refractivity contribution in [3.63, 3.8) is 0 Å². The molecule has 5 nitrogen and oxygen atoms in total. The highest BCUT2D eigenvalue weighted by Crippen LogP contribution is 2.31. The Labute approximate surface area is 196 Å². The zero-order chi connectivity index (χ0) is 24.5. The predicted octanol–water partition coefficient (Wildman–Crippen LogP) is 6.16. The molecule has 2 aromatic carbocycles. The van der Waals surface area contributed by atoms with Gasteiger partial charge in [0.1, 0.15) is 17.9 Å². The summed E-state index contributed by atoms with van der Waals surface area (Å²) in [6.45, 7) is 8.05. The maximum Gasteiger partial charge on any atom is 0.416 e. The van der Waals surface area contributed by atoms with E-state index in [-0.39, 0.29) is 0 Å². The SMILES string of the molecule is CCOCc1nc2c(N)nc3cc(CCc4ccc(C(F)(F)F)cc4)ccc3c2n1CC(C)C. The summed E-state index contributed by atoms with van der Waals surface area (Å²) in [5.41, 5.74) is 9.99. The summed E-state index contributed by atoms with van der Waals surface area (Å²) in [6, 6.07) is 11.4. The molecule has 180 valence electrons. The molecule has 0 saturated heterocycles. The topological polar surface area (TPSA) is 66.0 Å². The summed E-state index contributed by atoms with van der Waals surface area (Å²) in [7, 11) is 0. The largest absolute Gasteiger partial charge is 0.416 e. The second-order valence-electron chi connectivity index (χ2n) is 8.91. The summed E-state index contributed by atoms with van der Waals surface area (Å²) in [5, 5.41) is 0.971. The molecule has 0 aliphatic rings. The lowest BCUT2D eigenvalue weighted by Crippen LogP contribution is -2.10. The van der Waals surface area contributed by atoms with Crippen LogP contribution in [-0.4, -0.2) is 21.1 Å². The fraction of sp³-hybridized carbons (Fsp3) is 0.385. The minimum Gasteiger partial charge on any atom is -0.382 e. The number of hydrogen-bond acceptors (Lipinski definition) is 4. The first-order valence-corrected chi connectivity index (χ1v) is 11.5. The molecule has 8 heteroatoms. The first-order chi connectivity index (χ1) is 16.2. The molecule has 0 spiro atoms. The Morgan fingerprint density at radius 2 is 1.68 bits per heavy atom. The van der Waals surface area contributed by atoms with E-state index in [1.165, 1.54) is 12.1 Å². The summed E-state index contributed by atoms with van der Waals surface area (Å²) in [6.07, 6.45) is -3.01. The van der Waals surface area contributed by atoms with Crippen LogP contribution in [0.1, 0.15) is 43.3 Å². The predicted molar refractivity (Wildman–Crippen MR) is 128 cm³/mol. The highest BCUT2D eigenvalue weighted by atomic mass is 19.4. The van der Waals surface area contributed by atoms with Gasteiger partial charge in [-0.1, -0.05) is 38.1 Å². The lowest BCUT2D eigenvalue weighted by Gasteiger charge is -2.13. The summed E-state index contributed by atoms with van der Waals surface area (Å²) < 4.78 is 46.2. The van der Waals surface area contributed by atoms with Gasteiger partial charge in [0.05, 0.1) is 16.6 Å². The second kappa shape index (κ2) is 9.62. The Morgan fingerprint density at radius 1 is 1.00 bits per heavy atom. The average molecular weight is 471 g/mol. The number of rotatable bonds is 8. The van der Waals surface area contributed by atoms with Gasteiger partial charge in [0, 0.05) is 18.5 Å². The Morgan fingerprint density at radius 3 is 2.32 bits per heavy atom. The number of hydrogen-bond donors (Lipinski definition) is 1. The number of ether oxygens (including phenoxy) is 1. The van der Waals surface area contributed by atoms with Crippen molar-refractivity contribution in [2.24, 2.45) is 5.92 Å². The van der Waals surface area contributed by atoms with Gasteiger partial charge in [-0.25, -0.2) is 9.97 Å². The number of aryl methyl sites for hydroxylation is 2. The van der Waals surface area contributed by atoms with Crippen LogP contribution in [0.15, 0.2) is 42.5 Å². The number of imidazole rings is 1. The molecule has 0 radical (unpaired) electrons. The normalized spacial score (nSPS) is 12.3. The van der Waals surface area contributed by atoms with Gasteiger partial charge in [-0.2, -0.15) is 13.2 Å². The number of aromatic nitrogens is 3.